The van der Waals surface area contributed by atoms with Gasteiger partial charge in [-0.2, -0.15) is 0 Å². The molecule has 1 heterocycles. The summed E-state index contributed by atoms with van der Waals surface area (Å²) in [5.41, 5.74) is 2.74. The number of nitrogens with one attached hydrogen (secondary N) is 2. The van der Waals surface area contributed by atoms with Crippen LogP contribution in [0.15, 0.2) is 36.7 Å². The van der Waals surface area contributed by atoms with E-state index in [0.717, 1.165) is 23.6 Å². The van der Waals surface area contributed by atoms with Crippen LogP contribution in [-0.2, 0) is 0 Å². The number of halogens is 2. The molecule has 0 spiro atoms. The van der Waals surface area contributed by atoms with Crippen LogP contribution in [0, 0.1) is 0 Å². The van der Waals surface area contributed by atoms with Gasteiger partial charge < -0.3 is 10.6 Å². The molecule has 0 saturated heterocycles. The summed E-state index contributed by atoms with van der Waals surface area (Å²) >= 11 is 11.8. The van der Waals surface area contributed by atoms with E-state index in [1.807, 2.05) is 19.1 Å². The Hall–Kier alpha value is -1.45. The highest BCUT2D eigenvalue weighted by molar-refractivity contribution is 6.42. The van der Waals surface area contributed by atoms with Crippen LogP contribution < -0.4 is 10.6 Å². The highest BCUT2D eigenvalue weighted by atomic mass is 35.5. The minimum atomic E-state index is 0.525. The third-order valence-corrected chi connectivity index (χ3v) is 3.07. The molecule has 5 heteroatoms. The predicted molar refractivity (Wildman–Crippen MR) is 78.1 cm³/mol. The second-order valence-electron chi connectivity index (χ2n) is 3.75. The van der Waals surface area contributed by atoms with Crippen molar-refractivity contribution in [3.8, 4) is 0 Å². The van der Waals surface area contributed by atoms with E-state index < -0.39 is 0 Å². The lowest BCUT2D eigenvalue weighted by Gasteiger charge is -2.09. The SMILES string of the molecule is CCNc1cncc(Nc2ccc(Cl)c(Cl)c2)c1. The molecule has 18 heavy (non-hydrogen) atoms. The van der Waals surface area contributed by atoms with Gasteiger partial charge in [-0.25, -0.2) is 0 Å². The molecule has 94 valence electrons. The average molecular weight is 282 g/mol. The third kappa shape index (κ3) is 3.28. The number of nitrogens with zero attached hydrogens (tertiary/aromatic N) is 1. The number of hydrogen-bond donors (Lipinski definition) is 2. The first-order chi connectivity index (χ1) is 8.69. The molecule has 2 N–H and O–H groups in total. The quantitative estimate of drug-likeness (QED) is 0.862. The van der Waals surface area contributed by atoms with Gasteiger partial charge in [-0.15, -0.1) is 0 Å². The van der Waals surface area contributed by atoms with Crippen LogP contribution >= 0.6 is 23.2 Å². The Labute approximate surface area is 116 Å². The van der Waals surface area contributed by atoms with Crippen molar-refractivity contribution >= 4 is 40.3 Å². The van der Waals surface area contributed by atoms with E-state index in [1.165, 1.54) is 0 Å². The maximum Gasteiger partial charge on any atom is 0.0612 e. The standard InChI is InChI=1S/C13H13Cl2N3/c1-2-17-10-5-11(8-16-7-10)18-9-3-4-12(14)13(15)6-9/h3-8,17-18H,2H2,1H3. The predicted octanol–water partition coefficient (Wildman–Crippen LogP) is 4.56. The Kier molecular flexibility index (Phi) is 4.28. The van der Waals surface area contributed by atoms with E-state index in [1.54, 1.807) is 24.5 Å². The molecule has 2 rings (SSSR count). The highest BCUT2D eigenvalue weighted by Crippen LogP contribution is 2.27. The fourth-order valence-corrected chi connectivity index (χ4v) is 1.85. The molecule has 0 unspecified atom stereocenters. The zero-order valence-electron chi connectivity index (χ0n) is 9.87. The molecular weight excluding hydrogens is 269 g/mol. The minimum Gasteiger partial charge on any atom is -0.384 e. The summed E-state index contributed by atoms with van der Waals surface area (Å²) in [7, 11) is 0. The van der Waals surface area contributed by atoms with Crippen LogP contribution in [0.5, 0.6) is 0 Å². The molecule has 0 aliphatic heterocycles. The minimum absolute atomic E-state index is 0.525. The van der Waals surface area contributed by atoms with Crippen molar-refractivity contribution < 1.29 is 0 Å². The first kappa shape index (κ1) is 13.0. The zero-order valence-corrected chi connectivity index (χ0v) is 11.4. The van der Waals surface area contributed by atoms with Gasteiger partial charge in [0.1, 0.15) is 0 Å². The molecule has 0 aliphatic rings. The van der Waals surface area contributed by atoms with Crippen molar-refractivity contribution in [3.63, 3.8) is 0 Å². The Morgan fingerprint density at radius 1 is 1.00 bits per heavy atom. The Balaban J connectivity index is 2.17. The second-order valence-corrected chi connectivity index (χ2v) is 4.56. The highest BCUT2D eigenvalue weighted by Gasteiger charge is 2.01. The van der Waals surface area contributed by atoms with E-state index >= 15 is 0 Å². The monoisotopic (exact) mass is 281 g/mol. The van der Waals surface area contributed by atoms with Gasteiger partial charge in [-0.05, 0) is 31.2 Å². The molecule has 0 amide bonds. The second kappa shape index (κ2) is 5.94. The molecule has 3 nitrogen and oxygen atoms in total. The van der Waals surface area contributed by atoms with Crippen LogP contribution in [-0.4, -0.2) is 11.5 Å². The van der Waals surface area contributed by atoms with Crippen LogP contribution in [0.1, 0.15) is 6.92 Å². The van der Waals surface area contributed by atoms with Crippen molar-refractivity contribution in [3.05, 3.63) is 46.7 Å². The van der Waals surface area contributed by atoms with E-state index in [2.05, 4.69) is 15.6 Å². The molecular formula is C13H13Cl2N3. The molecule has 0 radical (unpaired) electrons. The van der Waals surface area contributed by atoms with Gasteiger partial charge in [0.15, 0.2) is 0 Å². The fraction of sp³-hybridized carbons (Fsp3) is 0.154. The first-order valence-corrected chi connectivity index (χ1v) is 6.35. The van der Waals surface area contributed by atoms with Crippen molar-refractivity contribution in [1.29, 1.82) is 0 Å². The van der Waals surface area contributed by atoms with Gasteiger partial charge in [0.25, 0.3) is 0 Å². The number of anilines is 3. The van der Waals surface area contributed by atoms with Gasteiger partial charge >= 0.3 is 0 Å². The number of rotatable bonds is 4. The average Bonchev–Trinajstić information content (AvgIpc) is 2.35. The zero-order chi connectivity index (χ0) is 13.0. The number of aromatic nitrogens is 1. The van der Waals surface area contributed by atoms with E-state index in [4.69, 9.17) is 23.2 Å². The number of benzene rings is 1. The maximum atomic E-state index is 5.96. The molecule has 0 fully saturated rings. The lowest BCUT2D eigenvalue weighted by molar-refractivity contribution is 1.19. The lowest BCUT2D eigenvalue weighted by atomic mass is 10.3. The van der Waals surface area contributed by atoms with E-state index in [9.17, 15) is 0 Å². The maximum absolute atomic E-state index is 5.96. The smallest absolute Gasteiger partial charge is 0.0612 e. The molecule has 1 aromatic heterocycles. The first-order valence-electron chi connectivity index (χ1n) is 5.60. The fourth-order valence-electron chi connectivity index (χ4n) is 1.55. The van der Waals surface area contributed by atoms with Crippen LogP contribution in [0.4, 0.5) is 17.1 Å². The summed E-state index contributed by atoms with van der Waals surface area (Å²) < 4.78 is 0. The summed E-state index contributed by atoms with van der Waals surface area (Å²) in [6.45, 7) is 2.90. The Bertz CT molecular complexity index is 544. The van der Waals surface area contributed by atoms with Gasteiger partial charge in [0.2, 0.25) is 0 Å². The van der Waals surface area contributed by atoms with Crippen molar-refractivity contribution in [1.82, 2.24) is 4.98 Å². The van der Waals surface area contributed by atoms with Gasteiger partial charge in [0, 0.05) is 12.2 Å². The van der Waals surface area contributed by atoms with Crippen molar-refractivity contribution in [2.24, 2.45) is 0 Å². The van der Waals surface area contributed by atoms with Gasteiger partial charge in [-0.3, -0.25) is 4.98 Å². The molecule has 0 atom stereocenters. The summed E-state index contributed by atoms with van der Waals surface area (Å²) in [6.07, 6.45) is 3.53. The summed E-state index contributed by atoms with van der Waals surface area (Å²) in [5.74, 6) is 0. The van der Waals surface area contributed by atoms with Gasteiger partial charge in [0.05, 0.1) is 33.8 Å². The lowest BCUT2D eigenvalue weighted by Crippen LogP contribution is -1.98. The molecule has 2 aromatic rings. The number of hydrogen-bond acceptors (Lipinski definition) is 3. The molecule has 0 bridgehead atoms. The molecule has 0 saturated carbocycles. The third-order valence-electron chi connectivity index (χ3n) is 2.33. The van der Waals surface area contributed by atoms with Crippen molar-refractivity contribution in [2.75, 3.05) is 17.2 Å². The van der Waals surface area contributed by atoms with E-state index in [0.29, 0.717) is 10.0 Å². The normalized spacial score (nSPS) is 10.2. The van der Waals surface area contributed by atoms with Crippen LogP contribution in [0.2, 0.25) is 10.0 Å². The molecule has 0 aliphatic carbocycles. The Morgan fingerprint density at radius 2 is 1.78 bits per heavy atom. The summed E-state index contributed by atoms with van der Waals surface area (Å²) in [5, 5.41) is 7.50. The van der Waals surface area contributed by atoms with E-state index in [-0.39, 0.29) is 0 Å². The Morgan fingerprint density at radius 3 is 2.50 bits per heavy atom. The van der Waals surface area contributed by atoms with Gasteiger partial charge in [-0.1, -0.05) is 23.2 Å². The topological polar surface area (TPSA) is 37.0 Å². The molecule has 1 aromatic carbocycles. The van der Waals surface area contributed by atoms with Crippen LogP contribution in [0.3, 0.4) is 0 Å². The largest absolute Gasteiger partial charge is 0.384 e. The summed E-state index contributed by atoms with van der Waals surface area (Å²) in [4.78, 5) is 4.16. The summed E-state index contributed by atoms with van der Waals surface area (Å²) in [6, 6.07) is 7.39. The van der Waals surface area contributed by atoms with Crippen LogP contribution in [0.25, 0.3) is 0 Å². The number of pyridine rings is 1. The van der Waals surface area contributed by atoms with Crippen molar-refractivity contribution in [2.45, 2.75) is 6.92 Å².